The van der Waals surface area contributed by atoms with E-state index in [9.17, 15) is 9.59 Å². The van der Waals surface area contributed by atoms with Crippen molar-refractivity contribution in [2.45, 2.75) is 55.8 Å². The lowest BCUT2D eigenvalue weighted by Crippen LogP contribution is -2.37. The minimum atomic E-state index is -0.0387. The lowest BCUT2D eigenvalue weighted by Gasteiger charge is -2.35. The molecule has 1 aromatic carbocycles. The van der Waals surface area contributed by atoms with Crippen LogP contribution in [0.15, 0.2) is 39.6 Å². The molecule has 1 atom stereocenters. The molecule has 1 saturated heterocycles. The van der Waals surface area contributed by atoms with Gasteiger partial charge in [-0.25, -0.2) is 4.98 Å². The predicted molar refractivity (Wildman–Crippen MR) is 132 cm³/mol. The van der Waals surface area contributed by atoms with Crippen molar-refractivity contribution >= 4 is 44.9 Å². The van der Waals surface area contributed by atoms with Crippen molar-refractivity contribution in [3.63, 3.8) is 0 Å². The van der Waals surface area contributed by atoms with Gasteiger partial charge in [-0.05, 0) is 43.0 Å². The Hall–Kier alpha value is -2.16. The number of fused-ring (bicyclic) bond motifs is 3. The van der Waals surface area contributed by atoms with Crippen LogP contribution in [0.3, 0.4) is 0 Å². The van der Waals surface area contributed by atoms with Gasteiger partial charge in [-0.1, -0.05) is 44.5 Å². The normalized spacial score (nSPS) is 18.0. The molecule has 4 heterocycles. The quantitative estimate of drug-likeness (QED) is 0.580. The van der Waals surface area contributed by atoms with E-state index in [1.807, 2.05) is 0 Å². The number of thiophene rings is 1. The Morgan fingerprint density at radius 1 is 1.06 bits per heavy atom. The zero-order chi connectivity index (χ0) is 22.2. The summed E-state index contributed by atoms with van der Waals surface area (Å²) in [6.45, 7) is 7.09. The Balaban J connectivity index is 1.51. The average molecular weight is 469 g/mol. The molecule has 1 unspecified atom stereocenters. The monoisotopic (exact) mass is 468 g/mol. The summed E-state index contributed by atoms with van der Waals surface area (Å²) in [7, 11) is 0. The number of carbonyl (C=O) groups excluding carboxylic acids is 1. The van der Waals surface area contributed by atoms with E-state index in [1.54, 1.807) is 10.9 Å². The molecular weight excluding hydrogens is 440 g/mol. The number of hydrogen-bond acceptors (Lipinski definition) is 6. The number of hydrogen-bond donors (Lipinski definition) is 1. The van der Waals surface area contributed by atoms with E-state index in [0.717, 1.165) is 17.3 Å². The number of piperidine rings is 1. The van der Waals surface area contributed by atoms with E-state index in [1.165, 1.54) is 53.5 Å². The minimum absolute atomic E-state index is 0.0231. The number of aromatic nitrogens is 2. The number of nitrogens with one attached hydrogen (secondary N) is 1. The van der Waals surface area contributed by atoms with Crippen LogP contribution in [0.2, 0.25) is 0 Å². The molecule has 0 radical (unpaired) electrons. The van der Waals surface area contributed by atoms with Crippen molar-refractivity contribution in [1.82, 2.24) is 14.5 Å². The predicted octanol–water partition coefficient (Wildman–Crippen LogP) is 4.85. The number of nitrogens with zero attached hydrogens (tertiary/aromatic N) is 3. The van der Waals surface area contributed by atoms with Gasteiger partial charge in [0.1, 0.15) is 10.2 Å². The molecular formula is C24H28N4O2S2. The first-order chi connectivity index (χ1) is 15.5. The molecule has 3 aromatic rings. The zero-order valence-electron chi connectivity index (χ0n) is 18.5. The van der Waals surface area contributed by atoms with E-state index in [4.69, 9.17) is 0 Å². The second-order valence-electron chi connectivity index (χ2n) is 8.91. The van der Waals surface area contributed by atoms with Gasteiger partial charge in [0, 0.05) is 6.54 Å². The molecule has 32 heavy (non-hydrogen) atoms. The Kier molecular flexibility index (Phi) is 6.09. The van der Waals surface area contributed by atoms with Gasteiger partial charge in [-0.3, -0.25) is 19.1 Å². The van der Waals surface area contributed by atoms with Gasteiger partial charge >= 0.3 is 0 Å². The van der Waals surface area contributed by atoms with Crippen LogP contribution in [-0.4, -0.2) is 39.2 Å². The standard InChI is InChI=1S/C24H28N4O2S2/c1-15(2)16-6-8-17(9-7-16)18(27-10-4-3-5-11-27)12-28-14-25-20-21-24(31-13-19(29)26-21)32-22(20)23(28)30/h6-9,14-15,18H,3-5,10-13H2,1-2H3,(H,26,29). The third-order valence-electron chi connectivity index (χ3n) is 6.42. The summed E-state index contributed by atoms with van der Waals surface area (Å²) >= 11 is 2.93. The highest BCUT2D eigenvalue weighted by molar-refractivity contribution is 8.02. The summed E-state index contributed by atoms with van der Waals surface area (Å²) in [5, 5.41) is 2.89. The second kappa shape index (κ2) is 9.00. The molecule has 1 amide bonds. The summed E-state index contributed by atoms with van der Waals surface area (Å²) in [6, 6.07) is 9.02. The van der Waals surface area contributed by atoms with Crippen molar-refractivity contribution in [2.24, 2.45) is 0 Å². The van der Waals surface area contributed by atoms with E-state index < -0.39 is 0 Å². The van der Waals surface area contributed by atoms with Crippen LogP contribution in [0, 0.1) is 0 Å². The Labute approximate surface area is 196 Å². The SMILES string of the molecule is CC(C)c1ccc(C(Cn2cnc3c4c(sc3c2=O)SCC(=O)N4)N2CCCCC2)cc1. The third-order valence-corrected chi connectivity index (χ3v) is 8.86. The van der Waals surface area contributed by atoms with Crippen molar-refractivity contribution in [2.75, 3.05) is 24.2 Å². The van der Waals surface area contributed by atoms with Crippen molar-refractivity contribution in [3.8, 4) is 0 Å². The van der Waals surface area contributed by atoms with E-state index >= 15 is 0 Å². The van der Waals surface area contributed by atoms with Gasteiger partial charge in [0.25, 0.3) is 5.56 Å². The molecule has 2 aliphatic heterocycles. The number of amides is 1. The number of benzene rings is 1. The summed E-state index contributed by atoms with van der Waals surface area (Å²) in [6.07, 6.45) is 5.32. The second-order valence-corrected chi connectivity index (χ2v) is 11.2. The summed E-state index contributed by atoms with van der Waals surface area (Å²) < 4.78 is 3.35. The maximum Gasteiger partial charge on any atom is 0.271 e. The lowest BCUT2D eigenvalue weighted by molar-refractivity contribution is -0.113. The highest BCUT2D eigenvalue weighted by Gasteiger charge is 2.26. The fourth-order valence-corrected chi connectivity index (χ4v) is 6.76. The van der Waals surface area contributed by atoms with Crippen molar-refractivity contribution in [1.29, 1.82) is 0 Å². The topological polar surface area (TPSA) is 67.2 Å². The molecule has 1 N–H and O–H groups in total. The van der Waals surface area contributed by atoms with Crippen LogP contribution < -0.4 is 10.9 Å². The fraction of sp³-hybridized carbons (Fsp3) is 0.458. The van der Waals surface area contributed by atoms with Crippen LogP contribution in [-0.2, 0) is 11.3 Å². The van der Waals surface area contributed by atoms with E-state index in [2.05, 4.69) is 53.3 Å². The molecule has 2 aromatic heterocycles. The molecule has 0 spiro atoms. The number of thioether (sulfide) groups is 1. The number of anilines is 1. The summed E-state index contributed by atoms with van der Waals surface area (Å²) in [5.41, 5.74) is 3.87. The van der Waals surface area contributed by atoms with Crippen LogP contribution in [0.5, 0.6) is 0 Å². The van der Waals surface area contributed by atoms with E-state index in [0.29, 0.717) is 34.1 Å². The molecule has 1 fully saturated rings. The van der Waals surface area contributed by atoms with Crippen molar-refractivity contribution < 1.29 is 4.79 Å². The Morgan fingerprint density at radius 3 is 2.50 bits per heavy atom. The molecule has 6 nitrogen and oxygen atoms in total. The number of likely N-dealkylation sites (tertiary alicyclic amines) is 1. The summed E-state index contributed by atoms with van der Waals surface area (Å²) in [4.78, 5) is 32.4. The van der Waals surface area contributed by atoms with Gasteiger partial charge in [-0.15, -0.1) is 23.1 Å². The van der Waals surface area contributed by atoms with Crippen molar-refractivity contribution in [3.05, 3.63) is 52.1 Å². The molecule has 0 aliphatic carbocycles. The van der Waals surface area contributed by atoms with E-state index in [-0.39, 0.29) is 17.5 Å². The highest BCUT2D eigenvalue weighted by atomic mass is 32.2. The maximum absolute atomic E-state index is 13.4. The van der Waals surface area contributed by atoms with Gasteiger partial charge in [0.2, 0.25) is 5.91 Å². The Morgan fingerprint density at radius 2 is 1.78 bits per heavy atom. The van der Waals surface area contributed by atoms with Gasteiger partial charge < -0.3 is 5.32 Å². The first-order valence-electron chi connectivity index (χ1n) is 11.3. The van der Waals surface area contributed by atoms with Gasteiger partial charge in [-0.2, -0.15) is 0 Å². The van der Waals surface area contributed by atoms with Crippen LogP contribution in [0.25, 0.3) is 10.2 Å². The number of carbonyl (C=O) groups is 1. The number of rotatable bonds is 5. The molecule has 2 aliphatic rings. The maximum atomic E-state index is 13.4. The van der Waals surface area contributed by atoms with Gasteiger partial charge in [0.05, 0.1) is 28.0 Å². The smallest absolute Gasteiger partial charge is 0.271 e. The van der Waals surface area contributed by atoms with Crippen LogP contribution in [0.1, 0.15) is 56.2 Å². The molecule has 0 saturated carbocycles. The molecule has 5 rings (SSSR count). The van der Waals surface area contributed by atoms with Crippen LogP contribution in [0.4, 0.5) is 5.69 Å². The van der Waals surface area contributed by atoms with Crippen LogP contribution >= 0.6 is 23.1 Å². The largest absolute Gasteiger partial charge is 0.322 e. The lowest BCUT2D eigenvalue weighted by atomic mass is 9.97. The highest BCUT2D eigenvalue weighted by Crippen LogP contribution is 2.42. The first kappa shape index (κ1) is 21.7. The van der Waals surface area contributed by atoms with Gasteiger partial charge in [0.15, 0.2) is 0 Å². The molecule has 0 bridgehead atoms. The third kappa shape index (κ3) is 4.11. The Bertz CT molecular complexity index is 1190. The first-order valence-corrected chi connectivity index (χ1v) is 13.1. The average Bonchev–Trinajstić information content (AvgIpc) is 3.18. The fourth-order valence-electron chi connectivity index (χ4n) is 4.58. The summed E-state index contributed by atoms with van der Waals surface area (Å²) in [5.74, 6) is 0.843. The minimum Gasteiger partial charge on any atom is -0.322 e. The molecule has 168 valence electrons. The molecule has 8 heteroatoms. The zero-order valence-corrected chi connectivity index (χ0v) is 20.1.